The van der Waals surface area contributed by atoms with Gasteiger partial charge in [0.2, 0.25) is 10.0 Å². The lowest BCUT2D eigenvalue weighted by Gasteiger charge is -2.30. The van der Waals surface area contributed by atoms with Crippen LogP contribution in [0.4, 0.5) is 0 Å². The highest BCUT2D eigenvalue weighted by molar-refractivity contribution is 7.88. The lowest BCUT2D eigenvalue weighted by atomic mass is 9.83. The van der Waals surface area contributed by atoms with E-state index in [9.17, 15) is 8.42 Å². The number of benzene rings is 1. The molecule has 2 aromatic rings. The highest BCUT2D eigenvalue weighted by Crippen LogP contribution is 2.34. The van der Waals surface area contributed by atoms with Crippen molar-refractivity contribution in [2.45, 2.75) is 50.7 Å². The Balaban J connectivity index is 1.53. The molecule has 1 aromatic carbocycles. The summed E-state index contributed by atoms with van der Waals surface area (Å²) in [6.07, 6.45) is 7.59. The van der Waals surface area contributed by atoms with Crippen molar-refractivity contribution in [1.29, 1.82) is 0 Å². The molecule has 7 heteroatoms. The molecule has 0 unspecified atom stereocenters. The van der Waals surface area contributed by atoms with E-state index in [1.807, 2.05) is 19.2 Å². The maximum atomic E-state index is 11.5. The van der Waals surface area contributed by atoms with E-state index in [-0.39, 0.29) is 18.7 Å². The van der Waals surface area contributed by atoms with Gasteiger partial charge in [-0.15, -0.1) is 0 Å². The average Bonchev–Trinajstić information content (AvgIpc) is 3.08. The van der Waals surface area contributed by atoms with Crippen LogP contribution in [0.2, 0.25) is 0 Å². The molecular formula is C20H29N3O3S. The first-order valence-electron chi connectivity index (χ1n) is 9.53. The third kappa shape index (κ3) is 6.16. The molecular weight excluding hydrogens is 362 g/mol. The van der Waals surface area contributed by atoms with E-state index in [2.05, 4.69) is 40.2 Å². The van der Waals surface area contributed by atoms with Crippen LogP contribution in [0.5, 0.6) is 0 Å². The predicted molar refractivity (Wildman–Crippen MR) is 106 cm³/mol. The lowest BCUT2D eigenvalue weighted by molar-refractivity contribution is 0.00605. The van der Waals surface area contributed by atoms with Gasteiger partial charge in [0.25, 0.3) is 0 Å². The minimum atomic E-state index is -3.25. The average molecular weight is 392 g/mol. The molecule has 148 valence electrons. The summed E-state index contributed by atoms with van der Waals surface area (Å²) >= 11 is 0. The van der Waals surface area contributed by atoms with Crippen LogP contribution in [0.3, 0.4) is 0 Å². The number of rotatable bonds is 8. The van der Waals surface area contributed by atoms with Crippen LogP contribution >= 0.6 is 0 Å². The quantitative estimate of drug-likeness (QED) is 0.751. The third-order valence-electron chi connectivity index (χ3n) is 5.17. The Morgan fingerprint density at radius 1 is 1.19 bits per heavy atom. The van der Waals surface area contributed by atoms with Crippen LogP contribution in [0, 0.1) is 6.92 Å². The van der Waals surface area contributed by atoms with Crippen molar-refractivity contribution < 1.29 is 13.2 Å². The molecule has 1 atom stereocenters. The maximum absolute atomic E-state index is 11.5. The van der Waals surface area contributed by atoms with E-state index in [1.165, 1.54) is 11.8 Å². The zero-order valence-corrected chi connectivity index (χ0v) is 16.9. The zero-order chi connectivity index (χ0) is 19.3. The molecule has 27 heavy (non-hydrogen) atoms. The molecule has 0 aliphatic heterocycles. The van der Waals surface area contributed by atoms with E-state index < -0.39 is 10.0 Å². The molecule has 1 fully saturated rings. The van der Waals surface area contributed by atoms with Crippen LogP contribution in [0.25, 0.3) is 0 Å². The summed E-state index contributed by atoms with van der Waals surface area (Å²) in [7, 11) is -3.25. The molecule has 0 radical (unpaired) electrons. The highest BCUT2D eigenvalue weighted by Gasteiger charge is 2.24. The van der Waals surface area contributed by atoms with Gasteiger partial charge in [-0.1, -0.05) is 30.3 Å². The van der Waals surface area contributed by atoms with E-state index in [0.29, 0.717) is 12.5 Å². The summed E-state index contributed by atoms with van der Waals surface area (Å²) in [5.41, 5.74) is 2.32. The van der Waals surface area contributed by atoms with Gasteiger partial charge in [-0.25, -0.2) is 13.1 Å². The largest absolute Gasteiger partial charge is 0.376 e. The molecule has 0 bridgehead atoms. The number of nitrogens with zero attached hydrogens (tertiary/aromatic N) is 2. The van der Waals surface area contributed by atoms with Gasteiger partial charge < -0.3 is 4.74 Å². The standard InChI is InChI=1S/C20H29N3O3S/c1-16-12-13-23(22-16)19(14-21-27(2,24)25)15-26-20-10-8-18(9-11-20)17-6-4-3-5-7-17/h3-7,12-13,18-21H,8-11,14-15H2,1-2H3/t18?,19-,20?/m1/s1. The second kappa shape index (κ2) is 8.99. The number of hydrogen-bond acceptors (Lipinski definition) is 4. The van der Waals surface area contributed by atoms with Gasteiger partial charge >= 0.3 is 0 Å². The van der Waals surface area contributed by atoms with Gasteiger partial charge in [-0.3, -0.25) is 4.68 Å². The summed E-state index contributed by atoms with van der Waals surface area (Å²) in [5, 5.41) is 4.43. The van der Waals surface area contributed by atoms with Crippen LogP contribution in [-0.2, 0) is 14.8 Å². The lowest BCUT2D eigenvalue weighted by Crippen LogP contribution is -2.34. The maximum Gasteiger partial charge on any atom is 0.208 e. The highest BCUT2D eigenvalue weighted by atomic mass is 32.2. The van der Waals surface area contributed by atoms with Crippen LogP contribution < -0.4 is 4.72 Å². The summed E-state index contributed by atoms with van der Waals surface area (Å²) in [6, 6.07) is 12.4. The molecule has 0 saturated heterocycles. The topological polar surface area (TPSA) is 73.2 Å². The fourth-order valence-electron chi connectivity index (χ4n) is 3.65. The Hall–Kier alpha value is -1.70. The number of aryl methyl sites for hydroxylation is 1. The van der Waals surface area contributed by atoms with E-state index >= 15 is 0 Å². The molecule has 1 saturated carbocycles. The monoisotopic (exact) mass is 391 g/mol. The van der Waals surface area contributed by atoms with Crippen molar-refractivity contribution >= 4 is 10.0 Å². The Bertz CT molecular complexity index is 812. The van der Waals surface area contributed by atoms with E-state index in [1.54, 1.807) is 4.68 Å². The summed E-state index contributed by atoms with van der Waals surface area (Å²) in [5.74, 6) is 0.613. The van der Waals surface area contributed by atoms with Crippen molar-refractivity contribution in [2.24, 2.45) is 0 Å². The normalized spacial score (nSPS) is 21.9. The molecule has 1 aliphatic rings. The SMILES string of the molecule is Cc1ccn([C@H](CNS(C)(=O)=O)COC2CCC(c3ccccc3)CC2)n1. The van der Waals surface area contributed by atoms with Crippen LogP contribution in [0.15, 0.2) is 42.6 Å². The first-order valence-corrected chi connectivity index (χ1v) is 11.4. The number of aromatic nitrogens is 2. The van der Waals surface area contributed by atoms with Crippen molar-refractivity contribution in [3.8, 4) is 0 Å². The Kier molecular flexibility index (Phi) is 6.68. The van der Waals surface area contributed by atoms with E-state index in [4.69, 9.17) is 4.74 Å². The van der Waals surface area contributed by atoms with Gasteiger partial charge in [0.1, 0.15) is 0 Å². The minimum Gasteiger partial charge on any atom is -0.376 e. The minimum absolute atomic E-state index is 0.153. The number of hydrogen-bond donors (Lipinski definition) is 1. The van der Waals surface area contributed by atoms with Gasteiger partial charge in [0.15, 0.2) is 0 Å². The van der Waals surface area contributed by atoms with Crippen molar-refractivity contribution in [3.63, 3.8) is 0 Å². The summed E-state index contributed by atoms with van der Waals surface area (Å²) < 4.78 is 33.5. The van der Waals surface area contributed by atoms with Crippen LogP contribution in [-0.4, -0.2) is 43.7 Å². The molecule has 1 N–H and O–H groups in total. The number of ether oxygens (including phenoxy) is 1. The fraction of sp³-hybridized carbons (Fsp3) is 0.550. The van der Waals surface area contributed by atoms with Crippen molar-refractivity contribution in [2.75, 3.05) is 19.4 Å². The first kappa shape index (κ1) is 20.0. The number of sulfonamides is 1. The van der Waals surface area contributed by atoms with Gasteiger partial charge in [0.05, 0.1) is 30.7 Å². The second-order valence-electron chi connectivity index (χ2n) is 7.43. The Labute approximate surface area is 162 Å². The van der Waals surface area contributed by atoms with Crippen LogP contribution in [0.1, 0.15) is 48.9 Å². The molecule has 1 heterocycles. The third-order valence-corrected chi connectivity index (χ3v) is 5.86. The summed E-state index contributed by atoms with van der Waals surface area (Å²) in [6.45, 7) is 2.65. The molecule has 1 aliphatic carbocycles. The predicted octanol–water partition coefficient (Wildman–Crippen LogP) is 3.02. The second-order valence-corrected chi connectivity index (χ2v) is 9.26. The number of nitrogens with one attached hydrogen (secondary N) is 1. The zero-order valence-electron chi connectivity index (χ0n) is 16.0. The smallest absolute Gasteiger partial charge is 0.208 e. The molecule has 3 rings (SSSR count). The Morgan fingerprint density at radius 2 is 1.89 bits per heavy atom. The fourth-order valence-corrected chi connectivity index (χ4v) is 4.14. The van der Waals surface area contributed by atoms with Crippen molar-refractivity contribution in [1.82, 2.24) is 14.5 Å². The van der Waals surface area contributed by atoms with E-state index in [0.717, 1.165) is 31.4 Å². The van der Waals surface area contributed by atoms with Gasteiger partial charge in [0, 0.05) is 12.7 Å². The van der Waals surface area contributed by atoms with Crippen molar-refractivity contribution in [3.05, 3.63) is 53.9 Å². The summed E-state index contributed by atoms with van der Waals surface area (Å²) in [4.78, 5) is 0. The molecule has 0 amide bonds. The Morgan fingerprint density at radius 3 is 2.48 bits per heavy atom. The first-order chi connectivity index (χ1) is 12.9. The van der Waals surface area contributed by atoms with Gasteiger partial charge in [-0.05, 0) is 50.2 Å². The molecule has 6 nitrogen and oxygen atoms in total. The van der Waals surface area contributed by atoms with Gasteiger partial charge in [-0.2, -0.15) is 5.10 Å². The molecule has 0 spiro atoms. The molecule has 1 aromatic heterocycles.